The Morgan fingerprint density at radius 3 is 2.65 bits per heavy atom. The number of anilines is 2. The van der Waals surface area contributed by atoms with E-state index in [1.54, 1.807) is 11.0 Å². The second-order valence-corrected chi connectivity index (χ2v) is 14.5. The standard InChI is InChI=1S/C26H38N2O5Si/c1-5-14-28-21-12-11-19(27-15-9-7-6-8-10-23(27)30)17-20(21)26(25(28)31)18(2)24(34(3,4)32)22(33-26)13-16-29/h5,11-12,17-18,22,24,29,32H,1,6-10,13-16H2,2-4H3/t18-,22+,24-,26+/m1/s1. The molecule has 0 unspecified atom stereocenters. The Labute approximate surface area is 203 Å². The predicted molar refractivity (Wildman–Crippen MR) is 135 cm³/mol. The second-order valence-electron chi connectivity index (χ2n) is 10.5. The molecule has 2 fully saturated rings. The molecule has 7 nitrogen and oxygen atoms in total. The number of fused-ring (bicyclic) bond motifs is 2. The van der Waals surface area contributed by atoms with Crippen molar-refractivity contribution in [2.24, 2.45) is 5.92 Å². The molecule has 2 saturated heterocycles. The Balaban J connectivity index is 1.84. The first kappa shape index (κ1) is 25.1. The van der Waals surface area contributed by atoms with Crippen LogP contribution in [0.3, 0.4) is 0 Å². The van der Waals surface area contributed by atoms with Gasteiger partial charge >= 0.3 is 0 Å². The van der Waals surface area contributed by atoms with E-state index in [9.17, 15) is 19.5 Å². The van der Waals surface area contributed by atoms with Crippen LogP contribution in [0, 0.1) is 5.92 Å². The molecule has 0 aromatic heterocycles. The summed E-state index contributed by atoms with van der Waals surface area (Å²) < 4.78 is 6.62. The largest absolute Gasteiger partial charge is 0.432 e. The third-order valence-electron chi connectivity index (χ3n) is 7.83. The lowest BCUT2D eigenvalue weighted by molar-refractivity contribution is -0.146. The number of hydrogen-bond donors (Lipinski definition) is 2. The fourth-order valence-electron chi connectivity index (χ4n) is 6.37. The molecule has 0 saturated carbocycles. The highest BCUT2D eigenvalue weighted by atomic mass is 28.4. The monoisotopic (exact) mass is 486 g/mol. The van der Waals surface area contributed by atoms with Gasteiger partial charge in [0.15, 0.2) is 13.9 Å². The molecule has 0 aliphatic carbocycles. The fraction of sp³-hybridized carbons (Fsp3) is 0.615. The molecular weight excluding hydrogens is 448 g/mol. The van der Waals surface area contributed by atoms with Crippen molar-refractivity contribution in [3.05, 3.63) is 36.4 Å². The van der Waals surface area contributed by atoms with E-state index in [4.69, 9.17) is 4.74 Å². The van der Waals surface area contributed by atoms with Crippen LogP contribution in [0.2, 0.25) is 18.6 Å². The molecule has 34 heavy (non-hydrogen) atoms. The van der Waals surface area contributed by atoms with Crippen LogP contribution in [-0.4, -0.2) is 55.8 Å². The maximum atomic E-state index is 14.0. The average molecular weight is 487 g/mol. The zero-order valence-corrected chi connectivity index (χ0v) is 21.6. The quantitative estimate of drug-likeness (QED) is 0.473. The minimum Gasteiger partial charge on any atom is -0.432 e. The number of rotatable bonds is 6. The van der Waals surface area contributed by atoms with E-state index in [0.717, 1.165) is 42.6 Å². The SMILES string of the molecule is C=CCN1C(=O)[C@@]2(O[C@@H](CCO)[C@H]([Si](C)(C)O)[C@H]2C)c2cc(N3CCCCCCC3=O)ccc21. The van der Waals surface area contributed by atoms with Crippen LogP contribution in [0.5, 0.6) is 0 Å². The van der Waals surface area contributed by atoms with Crippen molar-refractivity contribution >= 4 is 31.5 Å². The van der Waals surface area contributed by atoms with Gasteiger partial charge in [-0.05, 0) is 50.6 Å². The second kappa shape index (κ2) is 9.57. The molecule has 0 radical (unpaired) electrons. The normalized spacial score (nSPS) is 30.0. The number of ether oxygens (including phenoxy) is 1. The topological polar surface area (TPSA) is 90.3 Å². The first-order chi connectivity index (χ1) is 16.2. The average Bonchev–Trinajstić information content (AvgIpc) is 3.18. The summed E-state index contributed by atoms with van der Waals surface area (Å²) in [5.74, 6) is -0.328. The van der Waals surface area contributed by atoms with Crippen LogP contribution in [0.15, 0.2) is 30.9 Å². The summed E-state index contributed by atoms with van der Waals surface area (Å²) in [6, 6.07) is 5.79. The Morgan fingerprint density at radius 1 is 1.24 bits per heavy atom. The number of nitrogens with zero attached hydrogens (tertiary/aromatic N) is 2. The summed E-state index contributed by atoms with van der Waals surface area (Å²) in [6.45, 7) is 10.5. The molecule has 2 amide bonds. The maximum absolute atomic E-state index is 14.0. The van der Waals surface area contributed by atoms with Crippen LogP contribution in [-0.2, 0) is 19.9 Å². The molecule has 8 heteroatoms. The minimum absolute atomic E-state index is 0.0752. The van der Waals surface area contributed by atoms with Gasteiger partial charge in [-0.2, -0.15) is 0 Å². The van der Waals surface area contributed by atoms with Crippen LogP contribution < -0.4 is 9.80 Å². The summed E-state index contributed by atoms with van der Waals surface area (Å²) in [7, 11) is -2.73. The van der Waals surface area contributed by atoms with Gasteiger partial charge in [-0.1, -0.05) is 25.8 Å². The van der Waals surface area contributed by atoms with E-state index >= 15 is 0 Å². The number of carbonyl (C=O) groups excluding carboxylic acids is 2. The Bertz CT molecular complexity index is 961. The lowest BCUT2D eigenvalue weighted by Gasteiger charge is -2.32. The first-order valence-corrected chi connectivity index (χ1v) is 15.6. The summed E-state index contributed by atoms with van der Waals surface area (Å²) in [4.78, 5) is 41.7. The van der Waals surface area contributed by atoms with Gasteiger partial charge < -0.3 is 24.4 Å². The van der Waals surface area contributed by atoms with Gasteiger partial charge in [0.1, 0.15) is 0 Å². The van der Waals surface area contributed by atoms with Crippen LogP contribution in [0.25, 0.3) is 0 Å². The van der Waals surface area contributed by atoms with Crippen LogP contribution in [0.4, 0.5) is 11.4 Å². The van der Waals surface area contributed by atoms with E-state index in [1.165, 1.54) is 0 Å². The van der Waals surface area contributed by atoms with Gasteiger partial charge in [0.2, 0.25) is 5.91 Å². The van der Waals surface area contributed by atoms with Crippen molar-refractivity contribution in [2.75, 3.05) is 29.5 Å². The summed E-state index contributed by atoms with van der Waals surface area (Å²) in [5, 5.41) is 9.72. The lowest BCUT2D eigenvalue weighted by Crippen LogP contribution is -2.46. The summed E-state index contributed by atoms with van der Waals surface area (Å²) in [5.41, 5.74) is 0.838. The number of hydrogen-bond acceptors (Lipinski definition) is 5. The molecule has 1 spiro atoms. The van der Waals surface area contributed by atoms with Crippen molar-refractivity contribution in [1.29, 1.82) is 0 Å². The number of aliphatic hydroxyl groups excluding tert-OH is 1. The summed E-state index contributed by atoms with van der Waals surface area (Å²) >= 11 is 0. The molecule has 0 bridgehead atoms. The van der Waals surface area contributed by atoms with Crippen molar-refractivity contribution in [3.63, 3.8) is 0 Å². The Kier molecular flexibility index (Phi) is 7.06. The minimum atomic E-state index is -2.73. The molecule has 4 rings (SSSR count). The molecule has 1 aromatic rings. The van der Waals surface area contributed by atoms with Crippen molar-refractivity contribution in [1.82, 2.24) is 0 Å². The van der Waals surface area contributed by atoms with E-state index in [0.29, 0.717) is 25.9 Å². The van der Waals surface area contributed by atoms with Gasteiger partial charge in [-0.15, -0.1) is 6.58 Å². The zero-order chi connectivity index (χ0) is 24.7. The van der Waals surface area contributed by atoms with E-state index in [2.05, 4.69) is 6.58 Å². The molecule has 3 aliphatic heterocycles. The van der Waals surface area contributed by atoms with Gasteiger partial charge in [-0.3, -0.25) is 9.59 Å². The molecule has 186 valence electrons. The number of amides is 2. The summed E-state index contributed by atoms with van der Waals surface area (Å²) in [6.07, 6.45) is 6.21. The van der Waals surface area contributed by atoms with Gasteiger partial charge in [0.05, 0.1) is 11.8 Å². The molecule has 1 aromatic carbocycles. The third kappa shape index (κ3) is 4.04. The van der Waals surface area contributed by atoms with Crippen molar-refractivity contribution in [3.8, 4) is 0 Å². The lowest BCUT2D eigenvalue weighted by atomic mass is 9.82. The highest BCUT2D eigenvalue weighted by Crippen LogP contribution is 2.60. The molecule has 2 N–H and O–H groups in total. The van der Waals surface area contributed by atoms with E-state index < -0.39 is 20.0 Å². The predicted octanol–water partition coefficient (Wildman–Crippen LogP) is 3.70. The zero-order valence-electron chi connectivity index (χ0n) is 20.6. The molecule has 3 heterocycles. The number of benzene rings is 1. The van der Waals surface area contributed by atoms with Crippen molar-refractivity contribution in [2.45, 2.75) is 75.8 Å². The highest BCUT2D eigenvalue weighted by Gasteiger charge is 2.66. The number of aliphatic hydroxyl groups is 1. The molecular formula is C26H38N2O5Si. The van der Waals surface area contributed by atoms with Crippen LogP contribution >= 0.6 is 0 Å². The maximum Gasteiger partial charge on any atom is 0.264 e. The first-order valence-electron chi connectivity index (χ1n) is 12.6. The van der Waals surface area contributed by atoms with E-state index in [-0.39, 0.29) is 29.9 Å². The van der Waals surface area contributed by atoms with E-state index in [1.807, 2.05) is 43.1 Å². The smallest absolute Gasteiger partial charge is 0.264 e. The molecule has 3 aliphatic rings. The highest BCUT2D eigenvalue weighted by molar-refractivity contribution is 6.71. The fourth-order valence-corrected chi connectivity index (χ4v) is 8.98. The third-order valence-corrected chi connectivity index (χ3v) is 10.3. The van der Waals surface area contributed by atoms with Crippen molar-refractivity contribution < 1.29 is 24.2 Å². The number of carbonyl (C=O) groups is 2. The van der Waals surface area contributed by atoms with Crippen LogP contribution in [0.1, 0.15) is 51.0 Å². The molecule has 4 atom stereocenters. The Hall–Kier alpha value is -2.00. The van der Waals surface area contributed by atoms with Gasteiger partial charge in [0, 0.05) is 48.8 Å². The van der Waals surface area contributed by atoms with Gasteiger partial charge in [0.25, 0.3) is 5.91 Å². The van der Waals surface area contributed by atoms with Gasteiger partial charge in [-0.25, -0.2) is 0 Å². The Morgan fingerprint density at radius 2 is 1.97 bits per heavy atom.